The second-order valence-corrected chi connectivity index (χ2v) is 7.43. The Morgan fingerprint density at radius 1 is 0.970 bits per heavy atom. The Labute approximate surface area is 188 Å². The Morgan fingerprint density at radius 3 is 2.45 bits per heavy atom. The fraction of sp³-hybridized carbons (Fsp3) is 0.208. The van der Waals surface area contributed by atoms with Crippen molar-refractivity contribution < 1.29 is 27.9 Å². The number of aliphatic hydroxyl groups is 1. The average Bonchev–Trinajstić information content (AvgIpc) is 2.78. The molecule has 0 saturated carbocycles. The zero-order chi connectivity index (χ0) is 24.0. The number of rotatable bonds is 7. The summed E-state index contributed by atoms with van der Waals surface area (Å²) < 4.78 is 38.8. The van der Waals surface area contributed by atoms with Gasteiger partial charge < -0.3 is 15.7 Å². The van der Waals surface area contributed by atoms with Crippen LogP contribution in [0.1, 0.15) is 43.8 Å². The molecule has 6 nitrogen and oxygen atoms in total. The molecule has 0 aliphatic heterocycles. The summed E-state index contributed by atoms with van der Waals surface area (Å²) in [5.74, 6) is -1.15. The molecule has 1 aromatic heterocycles. The number of nitrogens with zero attached hydrogens (tertiary/aromatic N) is 1. The SMILES string of the molecule is Cc1ccc(NC(=O)c2cccc(C(F)(F)F)c2)cc1C(=O)Nc1cncc(CCCO)c1. The van der Waals surface area contributed by atoms with Crippen molar-refractivity contribution in [2.75, 3.05) is 17.2 Å². The molecular weight excluding hydrogens is 435 g/mol. The average molecular weight is 457 g/mol. The van der Waals surface area contributed by atoms with Crippen LogP contribution in [0.2, 0.25) is 0 Å². The Morgan fingerprint density at radius 2 is 1.73 bits per heavy atom. The van der Waals surface area contributed by atoms with Crippen molar-refractivity contribution in [3.8, 4) is 0 Å². The van der Waals surface area contributed by atoms with Crippen LogP contribution in [-0.2, 0) is 12.6 Å². The number of hydrogen-bond donors (Lipinski definition) is 3. The monoisotopic (exact) mass is 457 g/mol. The van der Waals surface area contributed by atoms with E-state index in [9.17, 15) is 22.8 Å². The number of anilines is 2. The third-order valence-corrected chi connectivity index (χ3v) is 4.87. The summed E-state index contributed by atoms with van der Waals surface area (Å²) in [5, 5.41) is 14.2. The van der Waals surface area contributed by atoms with Crippen molar-refractivity contribution in [2.24, 2.45) is 0 Å². The number of aliphatic hydroxyl groups excluding tert-OH is 1. The zero-order valence-electron chi connectivity index (χ0n) is 17.7. The summed E-state index contributed by atoms with van der Waals surface area (Å²) >= 11 is 0. The van der Waals surface area contributed by atoms with Gasteiger partial charge in [-0.1, -0.05) is 12.1 Å². The number of carbonyl (C=O) groups excluding carboxylic acids is 2. The van der Waals surface area contributed by atoms with Crippen LogP contribution in [0, 0.1) is 6.92 Å². The quantitative estimate of drug-likeness (QED) is 0.474. The molecule has 2 amide bonds. The van der Waals surface area contributed by atoms with Crippen LogP contribution >= 0.6 is 0 Å². The minimum Gasteiger partial charge on any atom is -0.396 e. The third-order valence-electron chi connectivity index (χ3n) is 4.87. The van der Waals surface area contributed by atoms with E-state index in [-0.39, 0.29) is 23.4 Å². The van der Waals surface area contributed by atoms with Crippen molar-refractivity contribution in [2.45, 2.75) is 25.9 Å². The highest BCUT2D eigenvalue weighted by molar-refractivity contribution is 6.08. The van der Waals surface area contributed by atoms with E-state index in [4.69, 9.17) is 5.11 Å². The van der Waals surface area contributed by atoms with E-state index in [1.807, 2.05) is 0 Å². The molecule has 9 heteroatoms. The molecule has 1 heterocycles. The number of amides is 2. The maximum Gasteiger partial charge on any atom is 0.416 e. The molecule has 0 atom stereocenters. The molecule has 33 heavy (non-hydrogen) atoms. The van der Waals surface area contributed by atoms with E-state index in [1.54, 1.807) is 31.3 Å². The lowest BCUT2D eigenvalue weighted by atomic mass is 10.1. The molecule has 3 rings (SSSR count). The highest BCUT2D eigenvalue weighted by Crippen LogP contribution is 2.29. The normalized spacial score (nSPS) is 11.2. The van der Waals surface area contributed by atoms with E-state index in [0.29, 0.717) is 24.1 Å². The highest BCUT2D eigenvalue weighted by Gasteiger charge is 2.30. The molecule has 0 spiro atoms. The summed E-state index contributed by atoms with van der Waals surface area (Å²) in [6.07, 6.45) is -0.222. The van der Waals surface area contributed by atoms with E-state index < -0.39 is 23.6 Å². The second kappa shape index (κ2) is 10.3. The molecule has 0 aliphatic carbocycles. The first-order chi connectivity index (χ1) is 15.7. The predicted octanol–water partition coefficient (Wildman–Crippen LogP) is 4.84. The van der Waals surface area contributed by atoms with Crippen LogP contribution in [-0.4, -0.2) is 28.5 Å². The molecule has 0 aliphatic rings. The van der Waals surface area contributed by atoms with Gasteiger partial charge in [0.1, 0.15) is 0 Å². The molecule has 2 aromatic carbocycles. The predicted molar refractivity (Wildman–Crippen MR) is 118 cm³/mol. The van der Waals surface area contributed by atoms with Gasteiger partial charge in [-0.2, -0.15) is 13.2 Å². The van der Waals surface area contributed by atoms with E-state index in [2.05, 4.69) is 15.6 Å². The summed E-state index contributed by atoms with van der Waals surface area (Å²) in [4.78, 5) is 29.4. The second-order valence-electron chi connectivity index (χ2n) is 7.43. The lowest BCUT2D eigenvalue weighted by molar-refractivity contribution is -0.137. The zero-order valence-corrected chi connectivity index (χ0v) is 17.7. The minimum absolute atomic E-state index is 0.0504. The van der Waals surface area contributed by atoms with Crippen LogP contribution in [0.5, 0.6) is 0 Å². The van der Waals surface area contributed by atoms with Crippen LogP contribution in [0.4, 0.5) is 24.5 Å². The van der Waals surface area contributed by atoms with Crippen molar-refractivity contribution in [3.05, 3.63) is 88.7 Å². The van der Waals surface area contributed by atoms with Gasteiger partial charge in [0, 0.05) is 29.6 Å². The summed E-state index contributed by atoms with van der Waals surface area (Å²) in [7, 11) is 0. The van der Waals surface area contributed by atoms with E-state index in [0.717, 1.165) is 23.8 Å². The smallest absolute Gasteiger partial charge is 0.396 e. The Bertz CT molecular complexity index is 1160. The number of carbonyl (C=O) groups is 2. The molecule has 0 radical (unpaired) electrons. The molecule has 3 N–H and O–H groups in total. The van der Waals surface area contributed by atoms with Gasteiger partial charge in [0.25, 0.3) is 11.8 Å². The lowest BCUT2D eigenvalue weighted by Crippen LogP contribution is -2.16. The number of aryl methyl sites for hydroxylation is 2. The van der Waals surface area contributed by atoms with Gasteiger partial charge in [-0.15, -0.1) is 0 Å². The first kappa shape index (κ1) is 23.9. The van der Waals surface area contributed by atoms with E-state index in [1.165, 1.54) is 18.3 Å². The lowest BCUT2D eigenvalue weighted by Gasteiger charge is -2.12. The molecule has 0 fully saturated rings. The van der Waals surface area contributed by atoms with Crippen molar-refractivity contribution in [3.63, 3.8) is 0 Å². The number of alkyl halides is 3. The van der Waals surface area contributed by atoms with Gasteiger partial charge in [0.2, 0.25) is 0 Å². The van der Waals surface area contributed by atoms with Gasteiger partial charge in [0.05, 0.1) is 17.4 Å². The largest absolute Gasteiger partial charge is 0.416 e. The van der Waals surface area contributed by atoms with Gasteiger partial charge >= 0.3 is 6.18 Å². The third kappa shape index (κ3) is 6.39. The van der Waals surface area contributed by atoms with E-state index >= 15 is 0 Å². The van der Waals surface area contributed by atoms with Crippen LogP contribution in [0.3, 0.4) is 0 Å². The number of halogens is 3. The standard InChI is InChI=1S/C24H22F3N3O3/c1-15-7-8-19(29-22(32)17-5-2-6-18(11-17)24(25,26)27)12-21(15)23(33)30-20-10-16(4-3-9-31)13-28-14-20/h2,5-8,10-14,31H,3-4,9H2,1H3,(H,29,32)(H,30,33). The molecule has 0 saturated heterocycles. The first-order valence-corrected chi connectivity index (χ1v) is 10.1. The van der Waals surface area contributed by atoms with Crippen LogP contribution in [0.15, 0.2) is 60.9 Å². The number of aromatic nitrogens is 1. The van der Waals surface area contributed by atoms with Crippen LogP contribution in [0.25, 0.3) is 0 Å². The summed E-state index contributed by atoms with van der Waals surface area (Å²) in [6, 6.07) is 10.5. The topological polar surface area (TPSA) is 91.3 Å². The Kier molecular flexibility index (Phi) is 7.44. The molecular formula is C24H22F3N3O3. The number of hydrogen-bond acceptors (Lipinski definition) is 4. The fourth-order valence-corrected chi connectivity index (χ4v) is 3.16. The molecule has 0 unspecified atom stereocenters. The van der Waals surface area contributed by atoms with Gasteiger partial charge in [-0.25, -0.2) is 0 Å². The first-order valence-electron chi connectivity index (χ1n) is 10.1. The maximum atomic E-state index is 12.9. The minimum atomic E-state index is -4.56. The number of benzene rings is 2. The fourth-order valence-electron chi connectivity index (χ4n) is 3.16. The number of nitrogens with one attached hydrogen (secondary N) is 2. The molecule has 3 aromatic rings. The molecule has 172 valence electrons. The summed E-state index contributed by atoms with van der Waals surface area (Å²) in [6.45, 7) is 1.78. The Hall–Kier alpha value is -3.72. The van der Waals surface area contributed by atoms with Gasteiger partial charge in [-0.05, 0) is 67.3 Å². The number of pyridine rings is 1. The van der Waals surface area contributed by atoms with Gasteiger partial charge in [0.15, 0.2) is 0 Å². The van der Waals surface area contributed by atoms with Crippen molar-refractivity contribution in [1.82, 2.24) is 4.98 Å². The highest BCUT2D eigenvalue weighted by atomic mass is 19.4. The van der Waals surface area contributed by atoms with Crippen molar-refractivity contribution in [1.29, 1.82) is 0 Å². The molecule has 0 bridgehead atoms. The van der Waals surface area contributed by atoms with Crippen molar-refractivity contribution >= 4 is 23.2 Å². The van der Waals surface area contributed by atoms with Gasteiger partial charge in [-0.3, -0.25) is 14.6 Å². The summed E-state index contributed by atoms with van der Waals surface area (Å²) in [5.41, 5.74) is 1.47. The maximum absolute atomic E-state index is 12.9. The Balaban J connectivity index is 1.75. The van der Waals surface area contributed by atoms with Crippen LogP contribution < -0.4 is 10.6 Å².